The van der Waals surface area contributed by atoms with E-state index < -0.39 is 6.04 Å². The number of likely N-dealkylation sites (N-methyl/N-ethyl adjacent to an activating group) is 1. The molecule has 3 rings (SSSR count). The molecule has 7 nitrogen and oxygen atoms in total. The van der Waals surface area contributed by atoms with Gasteiger partial charge in [0.15, 0.2) is 0 Å². The average Bonchev–Trinajstić information content (AvgIpc) is 2.77. The molecule has 0 spiro atoms. The van der Waals surface area contributed by atoms with E-state index in [0.717, 1.165) is 36.5 Å². The fourth-order valence-electron chi connectivity index (χ4n) is 4.78. The molecule has 1 aliphatic carbocycles. The van der Waals surface area contributed by atoms with E-state index in [2.05, 4.69) is 29.4 Å². The van der Waals surface area contributed by atoms with E-state index in [1.807, 2.05) is 38.1 Å². The summed E-state index contributed by atoms with van der Waals surface area (Å²) >= 11 is 0. The minimum atomic E-state index is -0.481. The van der Waals surface area contributed by atoms with Crippen LogP contribution in [-0.2, 0) is 11.3 Å². The standard InChI is InChI=1S/C25H40N6O/c1-5-31(19-10-8-9-18(4)15-19)14-13-27-16-22-28-21-12-7-6-11-20(21)25(29-22)30-23(17(2)3)24(26)32/h6-7,11-12,17-19,23,27H,5,8-10,13-16H2,1-4H3,(H2,26,32)(H,28,29,30)/t18?,19?,23-/m0/s1. The first kappa shape index (κ1) is 24.4. The number of carbonyl (C=O) groups excluding carboxylic acids is 1. The minimum Gasteiger partial charge on any atom is -0.368 e. The first-order valence-electron chi connectivity index (χ1n) is 12.1. The lowest BCUT2D eigenvalue weighted by Crippen LogP contribution is -2.42. The molecule has 1 amide bonds. The summed E-state index contributed by atoms with van der Waals surface area (Å²) in [6.07, 6.45) is 5.35. The van der Waals surface area contributed by atoms with E-state index in [1.54, 1.807) is 0 Å². The van der Waals surface area contributed by atoms with Crippen LogP contribution in [0.3, 0.4) is 0 Å². The summed E-state index contributed by atoms with van der Waals surface area (Å²) in [5.41, 5.74) is 6.48. The van der Waals surface area contributed by atoms with Crippen molar-refractivity contribution in [2.45, 2.75) is 72.0 Å². The topological polar surface area (TPSA) is 96.2 Å². The molecule has 0 saturated heterocycles. The average molecular weight is 441 g/mol. The molecule has 2 aromatic rings. The largest absolute Gasteiger partial charge is 0.368 e. The zero-order valence-electron chi connectivity index (χ0n) is 20.1. The Morgan fingerprint density at radius 3 is 2.72 bits per heavy atom. The Bertz CT molecular complexity index is 886. The van der Waals surface area contributed by atoms with Gasteiger partial charge in [-0.1, -0.05) is 52.7 Å². The number of amides is 1. The third kappa shape index (κ3) is 6.39. The smallest absolute Gasteiger partial charge is 0.240 e. The van der Waals surface area contributed by atoms with Crippen LogP contribution in [0.1, 0.15) is 59.2 Å². The molecule has 176 valence electrons. The highest BCUT2D eigenvalue weighted by molar-refractivity contribution is 5.91. The van der Waals surface area contributed by atoms with Crippen LogP contribution in [0.2, 0.25) is 0 Å². The van der Waals surface area contributed by atoms with Crippen LogP contribution in [0, 0.1) is 11.8 Å². The second kappa shape index (κ2) is 11.6. The van der Waals surface area contributed by atoms with Crippen LogP contribution in [-0.4, -0.2) is 52.5 Å². The Morgan fingerprint density at radius 2 is 2.03 bits per heavy atom. The van der Waals surface area contributed by atoms with Crippen molar-refractivity contribution in [1.29, 1.82) is 0 Å². The Balaban J connectivity index is 1.65. The first-order chi connectivity index (χ1) is 15.4. The van der Waals surface area contributed by atoms with Gasteiger partial charge in [0.2, 0.25) is 5.91 Å². The maximum atomic E-state index is 11.9. The van der Waals surface area contributed by atoms with Crippen LogP contribution in [0.5, 0.6) is 0 Å². The zero-order chi connectivity index (χ0) is 23.1. The number of nitrogens with two attached hydrogens (primary N) is 1. The summed E-state index contributed by atoms with van der Waals surface area (Å²) in [4.78, 5) is 24.0. The van der Waals surface area contributed by atoms with Gasteiger partial charge < -0.3 is 16.4 Å². The fraction of sp³-hybridized carbons (Fsp3) is 0.640. The van der Waals surface area contributed by atoms with Gasteiger partial charge in [0.1, 0.15) is 17.7 Å². The molecule has 0 radical (unpaired) electrons. The number of nitrogens with zero attached hydrogens (tertiary/aromatic N) is 3. The molecule has 3 atom stereocenters. The number of rotatable bonds is 11. The molecule has 4 N–H and O–H groups in total. The Morgan fingerprint density at radius 1 is 1.25 bits per heavy atom. The van der Waals surface area contributed by atoms with Crippen LogP contribution in [0.15, 0.2) is 24.3 Å². The quantitative estimate of drug-likeness (QED) is 0.463. The van der Waals surface area contributed by atoms with Crippen LogP contribution in [0.25, 0.3) is 10.9 Å². The lowest BCUT2D eigenvalue weighted by molar-refractivity contribution is -0.119. The van der Waals surface area contributed by atoms with Crippen molar-refractivity contribution >= 4 is 22.6 Å². The number of aromatic nitrogens is 2. The van der Waals surface area contributed by atoms with Gasteiger partial charge in [-0.05, 0) is 43.4 Å². The monoisotopic (exact) mass is 440 g/mol. The van der Waals surface area contributed by atoms with Gasteiger partial charge in [0.25, 0.3) is 0 Å². The highest BCUT2D eigenvalue weighted by Crippen LogP contribution is 2.27. The molecule has 1 aliphatic rings. The number of para-hydroxylation sites is 1. The van der Waals surface area contributed by atoms with Crippen LogP contribution >= 0.6 is 0 Å². The highest BCUT2D eigenvalue weighted by atomic mass is 16.1. The van der Waals surface area contributed by atoms with Gasteiger partial charge in [-0.25, -0.2) is 9.97 Å². The molecule has 1 aromatic carbocycles. The van der Waals surface area contributed by atoms with Crippen LogP contribution < -0.4 is 16.4 Å². The Labute approximate surface area is 192 Å². The second-order valence-corrected chi connectivity index (χ2v) is 9.50. The van der Waals surface area contributed by atoms with E-state index >= 15 is 0 Å². The van der Waals surface area contributed by atoms with E-state index in [4.69, 9.17) is 15.7 Å². The van der Waals surface area contributed by atoms with Crippen molar-refractivity contribution < 1.29 is 4.79 Å². The second-order valence-electron chi connectivity index (χ2n) is 9.50. The maximum absolute atomic E-state index is 11.9. The molecular formula is C25H40N6O. The lowest BCUT2D eigenvalue weighted by Gasteiger charge is -2.36. The van der Waals surface area contributed by atoms with Gasteiger partial charge in [-0.3, -0.25) is 9.69 Å². The van der Waals surface area contributed by atoms with E-state index in [-0.39, 0.29) is 11.8 Å². The number of fused-ring (bicyclic) bond motifs is 1. The summed E-state index contributed by atoms with van der Waals surface area (Å²) in [6.45, 7) is 12.2. The Hall–Kier alpha value is -2.25. The molecule has 0 aliphatic heterocycles. The first-order valence-corrected chi connectivity index (χ1v) is 12.1. The van der Waals surface area contributed by atoms with E-state index in [0.29, 0.717) is 24.2 Å². The predicted octanol–water partition coefficient (Wildman–Crippen LogP) is 3.54. The molecule has 1 aromatic heterocycles. The lowest BCUT2D eigenvalue weighted by atomic mass is 9.86. The van der Waals surface area contributed by atoms with E-state index in [9.17, 15) is 4.79 Å². The van der Waals surface area contributed by atoms with Gasteiger partial charge in [-0.2, -0.15) is 0 Å². The number of hydrogen-bond acceptors (Lipinski definition) is 6. The van der Waals surface area contributed by atoms with Gasteiger partial charge in [-0.15, -0.1) is 0 Å². The molecule has 32 heavy (non-hydrogen) atoms. The normalized spacial score (nSPS) is 20.1. The zero-order valence-corrected chi connectivity index (χ0v) is 20.1. The summed E-state index contributed by atoms with van der Waals surface area (Å²) in [5.74, 6) is 1.90. The molecule has 1 saturated carbocycles. The number of nitrogens with one attached hydrogen (secondary N) is 2. The number of benzene rings is 1. The van der Waals surface area contributed by atoms with Crippen molar-refractivity contribution in [2.75, 3.05) is 25.0 Å². The maximum Gasteiger partial charge on any atom is 0.240 e. The van der Waals surface area contributed by atoms with Crippen molar-refractivity contribution in [2.24, 2.45) is 17.6 Å². The van der Waals surface area contributed by atoms with Crippen molar-refractivity contribution in [1.82, 2.24) is 20.2 Å². The third-order valence-electron chi connectivity index (χ3n) is 6.61. The number of anilines is 1. The van der Waals surface area contributed by atoms with Gasteiger partial charge >= 0.3 is 0 Å². The highest BCUT2D eigenvalue weighted by Gasteiger charge is 2.24. The number of hydrogen-bond donors (Lipinski definition) is 3. The predicted molar refractivity (Wildman–Crippen MR) is 131 cm³/mol. The van der Waals surface area contributed by atoms with Crippen molar-refractivity contribution in [3.8, 4) is 0 Å². The molecule has 1 heterocycles. The van der Waals surface area contributed by atoms with Gasteiger partial charge in [0, 0.05) is 24.5 Å². The summed E-state index contributed by atoms with van der Waals surface area (Å²) in [6, 6.07) is 8.09. The number of carbonyl (C=O) groups is 1. The number of primary amides is 1. The Kier molecular flexibility index (Phi) is 8.82. The summed E-state index contributed by atoms with van der Waals surface area (Å²) in [5, 5.41) is 7.68. The molecule has 1 fully saturated rings. The van der Waals surface area contributed by atoms with Crippen LogP contribution in [0.4, 0.5) is 5.82 Å². The minimum absolute atomic E-state index is 0.0605. The molecule has 2 unspecified atom stereocenters. The molecular weight excluding hydrogens is 400 g/mol. The summed E-state index contributed by atoms with van der Waals surface area (Å²) < 4.78 is 0. The van der Waals surface area contributed by atoms with Gasteiger partial charge in [0.05, 0.1) is 12.1 Å². The SMILES string of the molecule is CCN(CCNCc1nc(N[C@H](C(N)=O)C(C)C)c2ccccc2n1)C1CCCC(C)C1. The van der Waals surface area contributed by atoms with Crippen molar-refractivity contribution in [3.05, 3.63) is 30.1 Å². The molecule has 0 bridgehead atoms. The van der Waals surface area contributed by atoms with Crippen molar-refractivity contribution in [3.63, 3.8) is 0 Å². The molecule has 7 heteroatoms. The van der Waals surface area contributed by atoms with E-state index in [1.165, 1.54) is 25.7 Å². The summed E-state index contributed by atoms with van der Waals surface area (Å²) in [7, 11) is 0. The third-order valence-corrected chi connectivity index (χ3v) is 6.61. The fourth-order valence-corrected chi connectivity index (χ4v) is 4.78.